The largest absolute Gasteiger partial charge is 0.329 e. The Morgan fingerprint density at radius 3 is 1.19 bits per heavy atom. The zero-order chi connectivity index (χ0) is 14.5. The van der Waals surface area contributed by atoms with Crippen molar-refractivity contribution in [3.8, 4) is 0 Å². The highest BCUT2D eigenvalue weighted by Gasteiger charge is 2.44. The summed E-state index contributed by atoms with van der Waals surface area (Å²) in [5, 5.41) is 10.6. The Labute approximate surface area is 133 Å². The summed E-state index contributed by atoms with van der Waals surface area (Å²) in [6, 6.07) is 15.6. The zero-order valence-corrected chi connectivity index (χ0v) is 12.7. The van der Waals surface area contributed by atoms with E-state index in [0.29, 0.717) is 0 Å². The van der Waals surface area contributed by atoms with Crippen molar-refractivity contribution in [2.24, 2.45) is 0 Å². The number of nitrogens with one attached hydrogen (secondary N) is 4. The lowest BCUT2D eigenvalue weighted by atomic mass is 10.3. The third-order valence-electron chi connectivity index (χ3n) is 3.37. The molecule has 0 saturated heterocycles. The normalized spacial score (nSPS) is 19.5. The summed E-state index contributed by atoms with van der Waals surface area (Å²) >= 11 is 9.12. The molecule has 0 spiro atoms. The molecule has 0 atom stereocenters. The van der Waals surface area contributed by atoms with Crippen molar-refractivity contribution in [3.05, 3.63) is 48.5 Å². The number of ether oxygens (including phenoxy) is 1. The Morgan fingerprint density at radius 1 is 0.619 bits per heavy atom. The number of anilines is 4. The van der Waals surface area contributed by atoms with Gasteiger partial charge in [-0.15, -0.1) is 0 Å². The quantitative estimate of drug-likeness (QED) is 0.379. The molecule has 0 bridgehead atoms. The molecule has 0 aromatic heterocycles. The molecule has 0 aliphatic carbocycles. The molecular formula is C14H14N4OS2. The van der Waals surface area contributed by atoms with E-state index in [2.05, 4.69) is 46.5 Å². The lowest BCUT2D eigenvalue weighted by molar-refractivity contribution is 0.0138. The van der Waals surface area contributed by atoms with Gasteiger partial charge in [0.25, 0.3) is 10.4 Å². The second-order valence-electron chi connectivity index (χ2n) is 4.98. The van der Waals surface area contributed by atoms with Crippen LogP contribution in [0.3, 0.4) is 0 Å². The summed E-state index contributed by atoms with van der Waals surface area (Å²) in [6.45, 7) is 0. The standard InChI is InChI=1S/C14H14N4OS2/c20-13(15-9-5-1-2-6-10(9)16-13)19-14(21)17-11-7-3-4-8-12(11)18-14/h1-8,15-18,20-21H. The molecule has 2 aliphatic rings. The molecule has 0 fully saturated rings. The van der Waals surface area contributed by atoms with Gasteiger partial charge in [0.1, 0.15) is 0 Å². The fourth-order valence-corrected chi connectivity index (χ4v) is 3.34. The van der Waals surface area contributed by atoms with E-state index in [9.17, 15) is 0 Å². The van der Waals surface area contributed by atoms with Crippen molar-refractivity contribution in [2.45, 2.75) is 10.4 Å². The van der Waals surface area contributed by atoms with Crippen LogP contribution in [-0.2, 0) is 4.74 Å². The van der Waals surface area contributed by atoms with Crippen LogP contribution in [0.1, 0.15) is 0 Å². The predicted molar refractivity (Wildman–Crippen MR) is 91.9 cm³/mol. The van der Waals surface area contributed by atoms with Gasteiger partial charge in [0.05, 0.1) is 22.7 Å². The van der Waals surface area contributed by atoms with Crippen molar-refractivity contribution in [1.82, 2.24) is 0 Å². The highest BCUT2D eigenvalue weighted by atomic mass is 32.1. The van der Waals surface area contributed by atoms with Crippen LogP contribution in [0, 0.1) is 0 Å². The Balaban J connectivity index is 1.55. The van der Waals surface area contributed by atoms with Gasteiger partial charge in [-0.3, -0.25) is 4.74 Å². The van der Waals surface area contributed by atoms with Crippen molar-refractivity contribution in [1.29, 1.82) is 0 Å². The smallest absolute Gasteiger partial charge is 0.270 e. The second-order valence-corrected chi connectivity index (χ2v) is 6.24. The zero-order valence-electron chi connectivity index (χ0n) is 10.9. The van der Waals surface area contributed by atoms with Crippen LogP contribution in [0.15, 0.2) is 48.5 Å². The minimum Gasteiger partial charge on any atom is -0.329 e. The number of hydrogen-bond acceptors (Lipinski definition) is 7. The van der Waals surface area contributed by atoms with Crippen LogP contribution in [0.5, 0.6) is 0 Å². The minimum absolute atomic E-state index is 0.931. The number of thiol groups is 2. The van der Waals surface area contributed by atoms with Gasteiger partial charge in [0.15, 0.2) is 0 Å². The van der Waals surface area contributed by atoms with Crippen LogP contribution in [0.4, 0.5) is 22.7 Å². The minimum atomic E-state index is -1.06. The van der Waals surface area contributed by atoms with Crippen molar-refractivity contribution < 1.29 is 4.74 Å². The highest BCUT2D eigenvalue weighted by molar-refractivity contribution is 7.82. The van der Waals surface area contributed by atoms with E-state index in [4.69, 9.17) is 4.74 Å². The van der Waals surface area contributed by atoms with E-state index in [-0.39, 0.29) is 0 Å². The summed E-state index contributed by atoms with van der Waals surface area (Å²) in [5.74, 6) is 0. The van der Waals surface area contributed by atoms with E-state index >= 15 is 0 Å². The van der Waals surface area contributed by atoms with E-state index in [1.807, 2.05) is 48.5 Å². The Morgan fingerprint density at radius 2 is 0.905 bits per heavy atom. The highest BCUT2D eigenvalue weighted by Crippen LogP contribution is 2.42. The molecule has 5 nitrogen and oxygen atoms in total. The van der Waals surface area contributed by atoms with Gasteiger partial charge < -0.3 is 21.3 Å². The van der Waals surface area contributed by atoms with Gasteiger partial charge >= 0.3 is 0 Å². The molecule has 2 heterocycles. The molecule has 108 valence electrons. The van der Waals surface area contributed by atoms with Crippen LogP contribution in [0.25, 0.3) is 0 Å². The lowest BCUT2D eigenvalue weighted by Crippen LogP contribution is -2.51. The molecule has 21 heavy (non-hydrogen) atoms. The molecule has 0 amide bonds. The third-order valence-corrected chi connectivity index (χ3v) is 4.00. The first kappa shape index (κ1) is 13.0. The number of rotatable bonds is 2. The summed E-state index contributed by atoms with van der Waals surface area (Å²) < 4.78 is 6.00. The molecule has 4 rings (SSSR count). The van der Waals surface area contributed by atoms with Crippen LogP contribution >= 0.6 is 25.3 Å². The van der Waals surface area contributed by atoms with Crippen molar-refractivity contribution in [2.75, 3.05) is 21.3 Å². The van der Waals surface area contributed by atoms with Gasteiger partial charge in [-0.1, -0.05) is 49.5 Å². The fourth-order valence-electron chi connectivity index (χ4n) is 2.51. The molecule has 7 heteroatoms. The monoisotopic (exact) mass is 318 g/mol. The van der Waals surface area contributed by atoms with E-state index in [0.717, 1.165) is 22.7 Å². The molecule has 0 unspecified atom stereocenters. The number of fused-ring (bicyclic) bond motifs is 2. The summed E-state index contributed by atoms with van der Waals surface area (Å²) in [7, 11) is 0. The Bertz CT molecular complexity index is 599. The average Bonchev–Trinajstić information content (AvgIpc) is 2.92. The molecule has 0 radical (unpaired) electrons. The predicted octanol–water partition coefficient (Wildman–Crippen LogP) is 3.16. The Kier molecular flexibility index (Phi) is 2.72. The maximum Gasteiger partial charge on any atom is 0.270 e. The topological polar surface area (TPSA) is 57.4 Å². The fraction of sp³-hybridized carbons (Fsp3) is 0.143. The third kappa shape index (κ3) is 2.27. The van der Waals surface area contributed by atoms with Crippen LogP contribution in [-0.4, -0.2) is 10.4 Å². The number of hydrogen-bond donors (Lipinski definition) is 6. The first-order valence-corrected chi connectivity index (χ1v) is 7.40. The van der Waals surface area contributed by atoms with Gasteiger partial charge in [-0.2, -0.15) is 0 Å². The first-order valence-electron chi connectivity index (χ1n) is 6.51. The van der Waals surface area contributed by atoms with E-state index in [1.54, 1.807) is 0 Å². The van der Waals surface area contributed by atoms with Crippen LogP contribution in [0.2, 0.25) is 0 Å². The molecule has 2 aromatic carbocycles. The van der Waals surface area contributed by atoms with Gasteiger partial charge in [0.2, 0.25) is 0 Å². The van der Waals surface area contributed by atoms with Gasteiger partial charge in [0, 0.05) is 0 Å². The molecule has 4 N–H and O–H groups in total. The SMILES string of the molecule is SC1(OC2(S)Nc3ccccc3N2)Nc2ccccc2N1. The lowest BCUT2D eigenvalue weighted by Gasteiger charge is -2.34. The second kappa shape index (κ2) is 4.40. The summed E-state index contributed by atoms with van der Waals surface area (Å²) in [6.07, 6.45) is 0. The van der Waals surface area contributed by atoms with Gasteiger partial charge in [-0.05, 0) is 24.3 Å². The molecule has 2 aromatic rings. The Hall–Kier alpha value is -1.70. The maximum atomic E-state index is 6.00. The number of para-hydroxylation sites is 4. The maximum absolute atomic E-state index is 6.00. The van der Waals surface area contributed by atoms with Crippen molar-refractivity contribution in [3.63, 3.8) is 0 Å². The summed E-state index contributed by atoms with van der Waals surface area (Å²) in [4.78, 5) is 0. The number of benzene rings is 2. The molecule has 0 saturated carbocycles. The van der Waals surface area contributed by atoms with Gasteiger partial charge in [-0.25, -0.2) is 0 Å². The molecule has 2 aliphatic heterocycles. The van der Waals surface area contributed by atoms with E-state index < -0.39 is 10.4 Å². The van der Waals surface area contributed by atoms with E-state index in [1.165, 1.54) is 0 Å². The first-order chi connectivity index (χ1) is 10.1. The van der Waals surface area contributed by atoms with Crippen LogP contribution < -0.4 is 21.3 Å². The summed E-state index contributed by atoms with van der Waals surface area (Å²) in [5.41, 5.74) is 3.72. The molecular weight excluding hydrogens is 304 g/mol. The average molecular weight is 318 g/mol. The van der Waals surface area contributed by atoms with Crippen molar-refractivity contribution >= 4 is 48.0 Å².